The van der Waals surface area contributed by atoms with Crippen LogP contribution < -0.4 is 4.87 Å². The summed E-state index contributed by atoms with van der Waals surface area (Å²) in [7, 11) is 1.35. The van der Waals surface area contributed by atoms with Gasteiger partial charge in [0.1, 0.15) is 0 Å². The Balaban J connectivity index is 2.08. The third-order valence-corrected chi connectivity index (χ3v) is 4.13. The molecule has 6 nitrogen and oxygen atoms in total. The van der Waals surface area contributed by atoms with Crippen LogP contribution in [0.25, 0.3) is 0 Å². The van der Waals surface area contributed by atoms with Crippen molar-refractivity contribution in [3.63, 3.8) is 0 Å². The topological polar surface area (TPSA) is 71.6 Å². The maximum atomic E-state index is 11.5. The molecule has 112 valence electrons. The number of hydrogen-bond acceptors (Lipinski definition) is 6. The first-order valence-corrected chi connectivity index (χ1v) is 7.45. The average molecular weight is 300 g/mol. The van der Waals surface area contributed by atoms with Gasteiger partial charge in [-0.05, 0) is 13.8 Å². The number of H-pyrrole nitrogens is 1. The number of thiazole rings is 1. The lowest BCUT2D eigenvalue weighted by Gasteiger charge is -2.35. The Morgan fingerprint density at radius 1 is 1.45 bits per heavy atom. The molecule has 0 radical (unpaired) electrons. The predicted molar refractivity (Wildman–Crippen MR) is 75.9 cm³/mol. The van der Waals surface area contributed by atoms with E-state index in [0.29, 0.717) is 12.2 Å². The maximum Gasteiger partial charge on any atom is 0.311 e. The first-order chi connectivity index (χ1) is 9.47. The second-order valence-electron chi connectivity index (χ2n) is 5.12. The number of aromatic nitrogens is 1. The van der Waals surface area contributed by atoms with E-state index in [1.807, 2.05) is 13.8 Å². The van der Waals surface area contributed by atoms with E-state index in [9.17, 15) is 9.59 Å². The number of morpholine rings is 1. The van der Waals surface area contributed by atoms with Crippen molar-refractivity contribution >= 4 is 17.3 Å². The minimum Gasteiger partial charge on any atom is -0.469 e. The summed E-state index contributed by atoms with van der Waals surface area (Å²) in [6.07, 6.45) is 0.469. The van der Waals surface area contributed by atoms with Crippen molar-refractivity contribution in [1.82, 2.24) is 9.88 Å². The summed E-state index contributed by atoms with van der Waals surface area (Å²) < 4.78 is 10.3. The third-order valence-electron chi connectivity index (χ3n) is 3.22. The van der Waals surface area contributed by atoms with Crippen LogP contribution in [-0.4, -0.2) is 48.3 Å². The highest BCUT2D eigenvalue weighted by Crippen LogP contribution is 2.18. The maximum absolute atomic E-state index is 11.5. The number of methoxy groups -OCH3 is 1. The van der Waals surface area contributed by atoms with Gasteiger partial charge >= 0.3 is 10.8 Å². The van der Waals surface area contributed by atoms with Crippen molar-refractivity contribution in [1.29, 1.82) is 0 Å². The summed E-state index contributed by atoms with van der Waals surface area (Å²) in [6, 6.07) is 0. The van der Waals surface area contributed by atoms with Gasteiger partial charge in [-0.2, -0.15) is 0 Å². The zero-order chi connectivity index (χ0) is 14.7. The monoisotopic (exact) mass is 300 g/mol. The molecule has 1 saturated heterocycles. The summed E-state index contributed by atoms with van der Waals surface area (Å²) in [4.78, 5) is 28.6. The molecule has 1 N–H and O–H groups in total. The van der Waals surface area contributed by atoms with Crippen LogP contribution in [0.1, 0.15) is 24.4 Å². The molecule has 1 aromatic heterocycles. The molecule has 7 heteroatoms. The van der Waals surface area contributed by atoms with Crippen LogP contribution in [0.3, 0.4) is 0 Å². The Labute approximate surface area is 121 Å². The predicted octanol–water partition coefficient (Wildman–Crippen LogP) is 0.761. The molecule has 1 aromatic rings. The van der Waals surface area contributed by atoms with E-state index in [1.54, 1.807) is 0 Å². The van der Waals surface area contributed by atoms with E-state index in [2.05, 4.69) is 14.6 Å². The largest absolute Gasteiger partial charge is 0.469 e. The molecule has 1 aliphatic heterocycles. The van der Waals surface area contributed by atoms with Gasteiger partial charge in [0, 0.05) is 30.2 Å². The van der Waals surface area contributed by atoms with Gasteiger partial charge < -0.3 is 14.5 Å². The molecule has 1 aliphatic rings. The lowest BCUT2D eigenvalue weighted by atomic mass is 10.2. The molecule has 0 spiro atoms. The second-order valence-corrected chi connectivity index (χ2v) is 6.19. The fourth-order valence-corrected chi connectivity index (χ4v) is 3.39. The van der Waals surface area contributed by atoms with Crippen molar-refractivity contribution < 1.29 is 14.3 Å². The number of rotatable bonds is 4. The summed E-state index contributed by atoms with van der Waals surface area (Å²) >= 11 is 1.16. The molecule has 0 bridgehead atoms. The van der Waals surface area contributed by atoms with Gasteiger partial charge in [0.15, 0.2) is 0 Å². The highest BCUT2D eigenvalue weighted by molar-refractivity contribution is 7.09. The van der Waals surface area contributed by atoms with Gasteiger partial charge in [-0.3, -0.25) is 14.5 Å². The van der Waals surface area contributed by atoms with Gasteiger partial charge in [0.25, 0.3) is 0 Å². The number of nitrogens with zero attached hydrogens (tertiary/aromatic N) is 1. The van der Waals surface area contributed by atoms with Gasteiger partial charge in [0.2, 0.25) is 0 Å². The number of carbonyl (C=O) groups is 1. The molecule has 0 saturated carbocycles. The van der Waals surface area contributed by atoms with Gasteiger partial charge in [-0.25, -0.2) is 0 Å². The summed E-state index contributed by atoms with van der Waals surface area (Å²) in [5.41, 5.74) is 0.665. The number of hydrogen-bond donors (Lipinski definition) is 1. The Hall–Kier alpha value is -1.18. The number of aromatic amines is 1. The third kappa shape index (κ3) is 3.91. The Morgan fingerprint density at radius 3 is 2.70 bits per heavy atom. The molecule has 2 rings (SSSR count). The lowest BCUT2D eigenvalue weighted by molar-refractivity contribution is -0.139. The summed E-state index contributed by atoms with van der Waals surface area (Å²) in [5, 5.41) is 0. The van der Waals surface area contributed by atoms with Crippen LogP contribution in [0, 0.1) is 0 Å². The summed E-state index contributed by atoms with van der Waals surface area (Å²) in [6.45, 7) is 6.39. The number of ether oxygens (including phenoxy) is 2. The quantitative estimate of drug-likeness (QED) is 0.831. The fraction of sp³-hybridized carbons (Fsp3) is 0.692. The Bertz CT molecular complexity index is 515. The lowest BCUT2D eigenvalue weighted by Crippen LogP contribution is -2.44. The van der Waals surface area contributed by atoms with Crippen LogP contribution in [0.5, 0.6) is 0 Å². The molecule has 2 unspecified atom stereocenters. The first-order valence-electron chi connectivity index (χ1n) is 6.63. The van der Waals surface area contributed by atoms with E-state index in [0.717, 1.165) is 29.3 Å². The molecule has 2 atom stereocenters. The zero-order valence-electron chi connectivity index (χ0n) is 12.0. The Morgan fingerprint density at radius 2 is 2.10 bits per heavy atom. The second kappa shape index (κ2) is 6.51. The van der Waals surface area contributed by atoms with Crippen molar-refractivity contribution in [2.45, 2.75) is 39.0 Å². The van der Waals surface area contributed by atoms with E-state index in [-0.39, 0.29) is 29.5 Å². The number of nitrogens with one attached hydrogen (secondary N) is 1. The molecule has 2 heterocycles. The number of carbonyl (C=O) groups excluding carboxylic acids is 1. The van der Waals surface area contributed by atoms with Crippen LogP contribution >= 0.6 is 11.3 Å². The van der Waals surface area contributed by atoms with E-state index >= 15 is 0 Å². The van der Waals surface area contributed by atoms with Crippen molar-refractivity contribution in [3.05, 3.63) is 20.2 Å². The SMILES string of the molecule is COC(=O)Cc1[nH]c(=O)sc1CN1CC(C)OC(C)C1. The van der Waals surface area contributed by atoms with E-state index in [4.69, 9.17) is 4.74 Å². The molecule has 0 amide bonds. The highest BCUT2D eigenvalue weighted by Gasteiger charge is 2.24. The molecule has 1 fully saturated rings. The van der Waals surface area contributed by atoms with Crippen molar-refractivity contribution in [2.75, 3.05) is 20.2 Å². The van der Waals surface area contributed by atoms with Crippen LogP contribution in [0.4, 0.5) is 0 Å². The van der Waals surface area contributed by atoms with E-state index in [1.165, 1.54) is 7.11 Å². The number of esters is 1. The standard InChI is InChI=1S/C13H20N2O4S/c1-8-5-15(6-9(2)19-8)7-11-10(4-12(16)18-3)14-13(17)20-11/h8-9H,4-7H2,1-3H3,(H,14,17). The van der Waals surface area contributed by atoms with Crippen LogP contribution in [0.15, 0.2) is 4.79 Å². The smallest absolute Gasteiger partial charge is 0.311 e. The van der Waals surface area contributed by atoms with E-state index < -0.39 is 0 Å². The Kier molecular flexibility index (Phi) is 4.95. The van der Waals surface area contributed by atoms with Gasteiger partial charge in [-0.15, -0.1) is 0 Å². The van der Waals surface area contributed by atoms with Crippen LogP contribution in [0.2, 0.25) is 0 Å². The van der Waals surface area contributed by atoms with Gasteiger partial charge in [-0.1, -0.05) is 11.3 Å². The minimum absolute atomic E-state index is 0.111. The molecular weight excluding hydrogens is 280 g/mol. The van der Waals surface area contributed by atoms with Crippen molar-refractivity contribution in [2.24, 2.45) is 0 Å². The van der Waals surface area contributed by atoms with Crippen molar-refractivity contribution in [3.8, 4) is 0 Å². The fourth-order valence-electron chi connectivity index (χ4n) is 2.50. The highest BCUT2D eigenvalue weighted by atomic mass is 32.1. The molecular formula is C13H20N2O4S. The normalized spacial score (nSPS) is 23.8. The summed E-state index contributed by atoms with van der Waals surface area (Å²) in [5.74, 6) is -0.344. The minimum atomic E-state index is -0.344. The zero-order valence-corrected chi connectivity index (χ0v) is 12.8. The average Bonchev–Trinajstić information content (AvgIpc) is 2.67. The van der Waals surface area contributed by atoms with Gasteiger partial charge in [0.05, 0.1) is 25.7 Å². The molecule has 0 aromatic carbocycles. The first kappa shape index (κ1) is 15.2. The molecule has 0 aliphatic carbocycles. The van der Waals surface area contributed by atoms with Crippen LogP contribution in [-0.2, 0) is 27.2 Å². The molecule has 20 heavy (non-hydrogen) atoms.